The van der Waals surface area contributed by atoms with E-state index >= 15 is 0 Å². The fourth-order valence-corrected chi connectivity index (χ4v) is 2.84. The van der Waals surface area contributed by atoms with Crippen molar-refractivity contribution in [1.82, 2.24) is 25.7 Å². The summed E-state index contributed by atoms with van der Waals surface area (Å²) in [5.74, 6) is 0.677. The van der Waals surface area contributed by atoms with E-state index in [1.54, 1.807) is 11.8 Å². The average molecular weight is 327 g/mol. The predicted octanol–water partition coefficient (Wildman–Crippen LogP) is 0.780. The fraction of sp³-hybridized carbons (Fsp3) is 0.692. The summed E-state index contributed by atoms with van der Waals surface area (Å²) in [7, 11) is 0. The van der Waals surface area contributed by atoms with Crippen LogP contribution >= 0.6 is 11.8 Å². The first-order chi connectivity index (χ1) is 10.6. The molecule has 1 saturated heterocycles. The third-order valence-electron chi connectivity index (χ3n) is 3.31. The molecule has 1 fully saturated rings. The number of piperidine rings is 1. The first-order valence-corrected chi connectivity index (χ1v) is 8.32. The molecule has 0 spiro atoms. The van der Waals surface area contributed by atoms with Crippen molar-refractivity contribution in [3.8, 4) is 0 Å². The first-order valence-electron chi connectivity index (χ1n) is 7.33. The van der Waals surface area contributed by atoms with E-state index in [9.17, 15) is 9.59 Å². The van der Waals surface area contributed by atoms with Gasteiger partial charge in [0.25, 0.3) is 5.22 Å². The molecule has 1 aliphatic heterocycles. The Kier molecular flexibility index (Phi) is 6.05. The van der Waals surface area contributed by atoms with Gasteiger partial charge in [0.1, 0.15) is 0 Å². The molecule has 1 aromatic rings. The Balaban J connectivity index is 1.67. The summed E-state index contributed by atoms with van der Waals surface area (Å²) < 4.78 is 5.20. The maximum absolute atomic E-state index is 11.9. The monoisotopic (exact) mass is 327 g/mol. The second-order valence-corrected chi connectivity index (χ2v) is 5.97. The lowest BCUT2D eigenvalue weighted by Crippen LogP contribution is -2.49. The number of amides is 3. The van der Waals surface area contributed by atoms with Gasteiger partial charge in [0, 0.05) is 32.6 Å². The van der Waals surface area contributed by atoms with E-state index in [4.69, 9.17) is 4.42 Å². The van der Waals surface area contributed by atoms with E-state index in [2.05, 4.69) is 20.8 Å². The molecule has 0 radical (unpaired) electrons. The Morgan fingerprint density at radius 3 is 2.68 bits per heavy atom. The number of rotatable bonds is 5. The van der Waals surface area contributed by atoms with Crippen LogP contribution in [0.5, 0.6) is 0 Å². The van der Waals surface area contributed by atoms with E-state index in [0.29, 0.717) is 30.7 Å². The SMILES string of the molecule is CCNC(=O)N1CCC(NC(=O)CSc2nnc(C)o2)CC1. The molecule has 0 aliphatic carbocycles. The second-order valence-electron chi connectivity index (χ2n) is 5.04. The van der Waals surface area contributed by atoms with Crippen LogP contribution in [0.15, 0.2) is 9.64 Å². The van der Waals surface area contributed by atoms with Gasteiger partial charge in [-0.25, -0.2) is 4.79 Å². The van der Waals surface area contributed by atoms with Crippen molar-refractivity contribution >= 4 is 23.7 Å². The van der Waals surface area contributed by atoms with Gasteiger partial charge >= 0.3 is 6.03 Å². The Labute approximate surface area is 133 Å². The lowest BCUT2D eigenvalue weighted by molar-refractivity contribution is -0.119. The summed E-state index contributed by atoms with van der Waals surface area (Å²) in [4.78, 5) is 25.4. The summed E-state index contributed by atoms with van der Waals surface area (Å²) >= 11 is 1.22. The van der Waals surface area contributed by atoms with Gasteiger partial charge in [-0.05, 0) is 19.8 Å². The number of hydrogen-bond acceptors (Lipinski definition) is 6. The number of carbonyl (C=O) groups is 2. The lowest BCUT2D eigenvalue weighted by Gasteiger charge is -2.32. The molecule has 2 rings (SSSR count). The molecule has 2 N–H and O–H groups in total. The number of likely N-dealkylation sites (tertiary alicyclic amines) is 1. The van der Waals surface area contributed by atoms with E-state index < -0.39 is 0 Å². The molecule has 0 unspecified atom stereocenters. The Hall–Kier alpha value is -1.77. The van der Waals surface area contributed by atoms with Crippen LogP contribution in [0, 0.1) is 6.92 Å². The molecule has 3 amide bonds. The van der Waals surface area contributed by atoms with Gasteiger partial charge in [0.05, 0.1) is 5.75 Å². The number of aromatic nitrogens is 2. The van der Waals surface area contributed by atoms with Crippen LogP contribution in [0.2, 0.25) is 0 Å². The summed E-state index contributed by atoms with van der Waals surface area (Å²) in [6.45, 7) is 5.55. The Bertz CT molecular complexity index is 514. The molecule has 0 atom stereocenters. The average Bonchev–Trinajstić information content (AvgIpc) is 2.92. The number of nitrogens with zero attached hydrogens (tertiary/aromatic N) is 3. The highest BCUT2D eigenvalue weighted by molar-refractivity contribution is 7.99. The molecule has 2 heterocycles. The van der Waals surface area contributed by atoms with Crippen LogP contribution in [0.3, 0.4) is 0 Å². The van der Waals surface area contributed by atoms with Crippen molar-refractivity contribution in [2.45, 2.75) is 38.0 Å². The molecule has 9 heteroatoms. The van der Waals surface area contributed by atoms with Crippen molar-refractivity contribution < 1.29 is 14.0 Å². The third kappa shape index (κ3) is 4.90. The van der Waals surface area contributed by atoms with E-state index in [-0.39, 0.29) is 23.7 Å². The molecule has 1 aromatic heterocycles. The number of hydrogen-bond donors (Lipinski definition) is 2. The van der Waals surface area contributed by atoms with Crippen LogP contribution in [0.1, 0.15) is 25.7 Å². The number of thioether (sulfide) groups is 1. The highest BCUT2D eigenvalue weighted by Crippen LogP contribution is 2.16. The quantitative estimate of drug-likeness (QED) is 0.775. The topological polar surface area (TPSA) is 100 Å². The lowest BCUT2D eigenvalue weighted by atomic mass is 10.1. The number of aryl methyl sites for hydroxylation is 1. The maximum Gasteiger partial charge on any atom is 0.317 e. The molecule has 0 saturated carbocycles. The maximum atomic E-state index is 11.9. The van der Waals surface area contributed by atoms with Crippen molar-refractivity contribution in [2.24, 2.45) is 0 Å². The molecular weight excluding hydrogens is 306 g/mol. The normalized spacial score (nSPS) is 15.6. The van der Waals surface area contributed by atoms with Crippen LogP contribution in [-0.4, -0.2) is 58.5 Å². The fourth-order valence-electron chi connectivity index (χ4n) is 2.22. The summed E-state index contributed by atoms with van der Waals surface area (Å²) in [5, 5.41) is 13.7. The van der Waals surface area contributed by atoms with E-state index in [1.807, 2.05) is 6.92 Å². The van der Waals surface area contributed by atoms with Gasteiger partial charge in [0.2, 0.25) is 11.8 Å². The molecular formula is C13H21N5O3S. The molecule has 1 aliphatic rings. The minimum atomic E-state index is -0.0580. The van der Waals surface area contributed by atoms with Gasteiger partial charge in [-0.15, -0.1) is 10.2 Å². The van der Waals surface area contributed by atoms with Gasteiger partial charge in [-0.3, -0.25) is 4.79 Å². The third-order valence-corrected chi connectivity index (χ3v) is 4.13. The zero-order valence-electron chi connectivity index (χ0n) is 12.8. The van der Waals surface area contributed by atoms with Crippen LogP contribution in [-0.2, 0) is 4.79 Å². The van der Waals surface area contributed by atoms with Crippen molar-refractivity contribution in [2.75, 3.05) is 25.4 Å². The minimum Gasteiger partial charge on any atom is -0.416 e. The molecule has 8 nitrogen and oxygen atoms in total. The van der Waals surface area contributed by atoms with Gasteiger partial charge < -0.3 is 20.0 Å². The van der Waals surface area contributed by atoms with Gasteiger partial charge in [0.15, 0.2) is 0 Å². The smallest absolute Gasteiger partial charge is 0.317 e. The molecule has 0 aromatic carbocycles. The molecule has 122 valence electrons. The number of nitrogens with one attached hydrogen (secondary N) is 2. The molecule has 0 bridgehead atoms. The Morgan fingerprint density at radius 2 is 2.09 bits per heavy atom. The Morgan fingerprint density at radius 1 is 1.36 bits per heavy atom. The molecule has 22 heavy (non-hydrogen) atoms. The predicted molar refractivity (Wildman–Crippen MR) is 81.6 cm³/mol. The van der Waals surface area contributed by atoms with E-state index in [1.165, 1.54) is 11.8 Å². The summed E-state index contributed by atoms with van der Waals surface area (Å²) in [5.41, 5.74) is 0. The number of carbonyl (C=O) groups excluding carboxylic acids is 2. The van der Waals surface area contributed by atoms with E-state index in [0.717, 1.165) is 12.8 Å². The summed E-state index contributed by atoms with van der Waals surface area (Å²) in [6, 6.07) is 0.0813. The minimum absolute atomic E-state index is 0.0328. The highest BCUT2D eigenvalue weighted by atomic mass is 32.2. The van der Waals surface area contributed by atoms with Crippen molar-refractivity contribution in [3.63, 3.8) is 0 Å². The van der Waals surface area contributed by atoms with Gasteiger partial charge in [-0.2, -0.15) is 0 Å². The second kappa shape index (κ2) is 8.02. The highest BCUT2D eigenvalue weighted by Gasteiger charge is 2.23. The summed E-state index contributed by atoms with van der Waals surface area (Å²) in [6.07, 6.45) is 1.54. The zero-order chi connectivity index (χ0) is 15.9. The standard InChI is InChI=1S/C13H21N5O3S/c1-3-14-12(20)18-6-4-10(5-7-18)15-11(19)8-22-13-17-16-9(2)21-13/h10H,3-8H2,1-2H3,(H,14,20)(H,15,19). The number of urea groups is 1. The van der Waals surface area contributed by atoms with Crippen LogP contribution < -0.4 is 10.6 Å². The van der Waals surface area contributed by atoms with Crippen LogP contribution in [0.25, 0.3) is 0 Å². The zero-order valence-corrected chi connectivity index (χ0v) is 13.6. The largest absolute Gasteiger partial charge is 0.416 e. The first kappa shape index (κ1) is 16.6. The van der Waals surface area contributed by atoms with Gasteiger partial charge in [-0.1, -0.05) is 11.8 Å². The van der Waals surface area contributed by atoms with Crippen molar-refractivity contribution in [1.29, 1.82) is 0 Å². The van der Waals surface area contributed by atoms with Crippen LogP contribution in [0.4, 0.5) is 4.79 Å². The van der Waals surface area contributed by atoms with Crippen molar-refractivity contribution in [3.05, 3.63) is 5.89 Å².